The highest BCUT2D eigenvalue weighted by molar-refractivity contribution is 6.31. The Labute approximate surface area is 236 Å². The van der Waals surface area contributed by atoms with E-state index in [9.17, 15) is 24.6 Å². The van der Waals surface area contributed by atoms with Gasteiger partial charge in [-0.25, -0.2) is 4.79 Å². The summed E-state index contributed by atoms with van der Waals surface area (Å²) in [4.78, 5) is 42.0. The first-order valence-corrected chi connectivity index (χ1v) is 13.5. The van der Waals surface area contributed by atoms with Crippen LogP contribution in [0.25, 0.3) is 0 Å². The number of carbonyl (C=O) groups is 3. The zero-order valence-corrected chi connectivity index (χ0v) is 22.6. The first-order chi connectivity index (χ1) is 19.7. The number of phenolic OH excluding ortho intramolecular Hbond substituents is 1. The molecular formula is C32H26N2O7. The van der Waals surface area contributed by atoms with Crippen LogP contribution in [0.3, 0.4) is 0 Å². The van der Waals surface area contributed by atoms with Crippen LogP contribution in [0.2, 0.25) is 0 Å². The van der Waals surface area contributed by atoms with Gasteiger partial charge in [0, 0.05) is 29.8 Å². The van der Waals surface area contributed by atoms with Gasteiger partial charge in [-0.1, -0.05) is 37.5 Å². The van der Waals surface area contributed by atoms with E-state index in [4.69, 9.17) is 9.47 Å². The molecule has 9 nitrogen and oxygen atoms in total. The van der Waals surface area contributed by atoms with Gasteiger partial charge in [0.15, 0.2) is 23.3 Å². The highest BCUT2D eigenvalue weighted by Crippen LogP contribution is 2.68. The zero-order valence-electron chi connectivity index (χ0n) is 22.6. The molecule has 3 aliphatic heterocycles. The Morgan fingerprint density at radius 3 is 2.37 bits per heavy atom. The van der Waals surface area contributed by atoms with Crippen LogP contribution in [0.15, 0.2) is 30.4 Å². The smallest absolute Gasteiger partial charge is 0.410 e. The lowest BCUT2D eigenvalue weighted by Gasteiger charge is -2.38. The van der Waals surface area contributed by atoms with Crippen LogP contribution in [0, 0.1) is 29.6 Å². The SMILES string of the molecule is CCOC(=O)N1Cc2cc3c(cc2C1)C(=O)c1c2c(cc(O)c1C3=O)[C@@]13O[C@@]1(C(C)C)[C@H](C#C/C=C\C#C[C@H]3O)N2. The summed E-state index contributed by atoms with van der Waals surface area (Å²) in [6.45, 7) is 6.36. The molecule has 2 aromatic rings. The Morgan fingerprint density at radius 2 is 1.73 bits per heavy atom. The third-order valence-electron chi connectivity index (χ3n) is 8.76. The second-order valence-electron chi connectivity index (χ2n) is 11.1. The summed E-state index contributed by atoms with van der Waals surface area (Å²) < 4.78 is 11.6. The number of anilines is 1. The van der Waals surface area contributed by atoms with Crippen molar-refractivity contribution < 1.29 is 34.1 Å². The summed E-state index contributed by atoms with van der Waals surface area (Å²) in [5.74, 6) is 10.2. The Hall–Kier alpha value is -4.57. The number of epoxide rings is 1. The van der Waals surface area contributed by atoms with Crippen molar-refractivity contribution in [3.05, 3.63) is 69.3 Å². The fourth-order valence-electron chi connectivity index (χ4n) is 6.92. The molecule has 41 heavy (non-hydrogen) atoms. The van der Waals surface area contributed by atoms with Gasteiger partial charge in [0.2, 0.25) is 0 Å². The number of aliphatic hydroxyl groups is 1. The number of phenols is 1. The van der Waals surface area contributed by atoms with E-state index in [0.717, 1.165) is 11.1 Å². The molecule has 0 spiro atoms. The summed E-state index contributed by atoms with van der Waals surface area (Å²) in [5.41, 5.74) is -0.0345. The fraction of sp³-hybridized carbons (Fsp3) is 0.344. The molecule has 1 fully saturated rings. The molecular weight excluding hydrogens is 524 g/mol. The summed E-state index contributed by atoms with van der Waals surface area (Å²) in [6.07, 6.45) is 1.35. The lowest BCUT2D eigenvalue weighted by Crippen LogP contribution is -2.52. The van der Waals surface area contributed by atoms with Crippen molar-refractivity contribution in [1.82, 2.24) is 4.90 Å². The molecule has 0 radical (unpaired) electrons. The largest absolute Gasteiger partial charge is 0.507 e. The Balaban J connectivity index is 1.41. The highest BCUT2D eigenvalue weighted by Gasteiger charge is 2.81. The van der Waals surface area contributed by atoms with Crippen molar-refractivity contribution in [1.29, 1.82) is 0 Å². The number of nitrogens with one attached hydrogen (secondary N) is 1. The van der Waals surface area contributed by atoms with Gasteiger partial charge in [-0.05, 0) is 54.3 Å². The van der Waals surface area contributed by atoms with Crippen LogP contribution in [0.5, 0.6) is 5.75 Å². The minimum Gasteiger partial charge on any atom is -0.507 e. The molecule has 3 N–H and O–H groups in total. The lowest BCUT2D eigenvalue weighted by molar-refractivity contribution is 0.0975. The molecule has 206 valence electrons. The maximum atomic E-state index is 14.2. The van der Waals surface area contributed by atoms with E-state index >= 15 is 0 Å². The summed E-state index contributed by atoms with van der Waals surface area (Å²) in [5, 5.41) is 26.0. The quantitative estimate of drug-likeness (QED) is 0.252. The number of aliphatic hydroxyl groups excluding tert-OH is 1. The van der Waals surface area contributed by atoms with E-state index in [1.165, 1.54) is 11.0 Å². The number of fused-ring (bicyclic) bond motifs is 5. The van der Waals surface area contributed by atoms with Gasteiger partial charge in [-0.3, -0.25) is 14.5 Å². The van der Waals surface area contributed by atoms with Gasteiger partial charge < -0.3 is 25.0 Å². The number of benzene rings is 2. The molecule has 2 aliphatic carbocycles. The predicted molar refractivity (Wildman–Crippen MR) is 146 cm³/mol. The Bertz CT molecular complexity index is 1770. The van der Waals surface area contributed by atoms with Gasteiger partial charge in [-0.15, -0.1) is 0 Å². The lowest BCUT2D eigenvalue weighted by atomic mass is 9.67. The van der Waals surface area contributed by atoms with Gasteiger partial charge in [0.1, 0.15) is 17.4 Å². The van der Waals surface area contributed by atoms with E-state index in [1.807, 2.05) is 13.8 Å². The molecule has 7 rings (SSSR count). The van der Waals surface area contributed by atoms with E-state index < -0.39 is 41.0 Å². The van der Waals surface area contributed by atoms with Crippen molar-refractivity contribution in [2.45, 2.75) is 57.2 Å². The highest BCUT2D eigenvalue weighted by atomic mass is 16.6. The fourth-order valence-corrected chi connectivity index (χ4v) is 6.92. The first kappa shape index (κ1) is 25.4. The van der Waals surface area contributed by atoms with Gasteiger partial charge in [0.25, 0.3) is 0 Å². The maximum absolute atomic E-state index is 14.2. The summed E-state index contributed by atoms with van der Waals surface area (Å²) in [7, 11) is 0. The molecule has 0 aromatic heterocycles. The van der Waals surface area contributed by atoms with Crippen molar-refractivity contribution in [3.8, 4) is 29.4 Å². The van der Waals surface area contributed by atoms with Crippen LogP contribution in [-0.4, -0.2) is 57.1 Å². The maximum Gasteiger partial charge on any atom is 0.410 e. The minimum absolute atomic E-state index is 0.00416. The second kappa shape index (κ2) is 8.47. The van der Waals surface area contributed by atoms with Crippen molar-refractivity contribution in [3.63, 3.8) is 0 Å². The number of carbonyl (C=O) groups excluding carboxylic acids is 3. The molecule has 0 unspecified atom stereocenters. The third kappa shape index (κ3) is 3.13. The van der Waals surface area contributed by atoms with E-state index in [2.05, 4.69) is 29.0 Å². The molecule has 2 bridgehead atoms. The number of hydrogen-bond acceptors (Lipinski definition) is 8. The third-order valence-corrected chi connectivity index (χ3v) is 8.76. The molecule has 2 aromatic carbocycles. The van der Waals surface area contributed by atoms with Gasteiger partial charge in [0.05, 0.1) is 23.4 Å². The molecule has 5 aliphatic rings. The average Bonchev–Trinajstić information content (AvgIpc) is 3.52. The first-order valence-electron chi connectivity index (χ1n) is 13.5. The standard InChI is InChI=1S/C32H26N2O7/c1-4-40-30(39)34-14-17-11-19-20(12-18(17)15-34)29(38)26-25(28(19)37)22(35)13-21-27(26)33-23-9-7-5-6-8-10-24(36)32(21)31(23,41-32)16(2)3/h5-6,11-13,16,23-24,33,35-36H,4,14-15H2,1-3H3/b6-5-/t23-,24+,31-,32-/m0/s1. The topological polar surface area (TPSA) is 129 Å². The van der Waals surface area contributed by atoms with E-state index in [1.54, 1.807) is 31.2 Å². The molecule has 4 atom stereocenters. The van der Waals surface area contributed by atoms with Crippen molar-refractivity contribution >= 4 is 23.3 Å². The van der Waals surface area contributed by atoms with Gasteiger partial charge in [-0.2, -0.15) is 0 Å². The number of rotatable bonds is 2. The minimum atomic E-state index is -1.38. The second-order valence-corrected chi connectivity index (χ2v) is 11.1. The molecule has 3 heterocycles. The van der Waals surface area contributed by atoms with E-state index in [0.29, 0.717) is 5.56 Å². The number of ether oxygens (including phenoxy) is 2. The van der Waals surface area contributed by atoms with Crippen LogP contribution < -0.4 is 5.32 Å². The van der Waals surface area contributed by atoms with Crippen LogP contribution in [-0.2, 0) is 28.2 Å². The van der Waals surface area contributed by atoms with Crippen molar-refractivity contribution in [2.75, 3.05) is 11.9 Å². The molecule has 0 saturated carbocycles. The molecule has 1 saturated heterocycles. The number of ketones is 2. The van der Waals surface area contributed by atoms with Crippen molar-refractivity contribution in [2.24, 2.45) is 5.92 Å². The summed E-state index contributed by atoms with van der Waals surface area (Å²) >= 11 is 0. The van der Waals surface area contributed by atoms with Crippen LogP contribution in [0.1, 0.15) is 69.3 Å². The normalized spacial score (nSPS) is 28.4. The summed E-state index contributed by atoms with van der Waals surface area (Å²) in [6, 6.07) is 4.02. The van der Waals surface area contributed by atoms with Crippen LogP contribution >= 0.6 is 0 Å². The Kier molecular flexibility index (Phi) is 5.25. The Morgan fingerprint density at radius 1 is 1.10 bits per heavy atom. The zero-order chi connectivity index (χ0) is 28.8. The number of amides is 1. The monoisotopic (exact) mass is 550 g/mol. The van der Waals surface area contributed by atoms with E-state index in [-0.39, 0.29) is 59.3 Å². The predicted octanol–water partition coefficient (Wildman–Crippen LogP) is 2.99. The molecule has 1 amide bonds. The molecule has 9 heteroatoms. The number of hydrogen-bond donors (Lipinski definition) is 3. The van der Waals surface area contributed by atoms with Gasteiger partial charge >= 0.3 is 6.09 Å². The number of allylic oxidation sites excluding steroid dienone is 2. The van der Waals surface area contributed by atoms with Crippen LogP contribution in [0.4, 0.5) is 10.5 Å². The number of aromatic hydroxyl groups is 1. The average molecular weight is 551 g/mol. The number of nitrogens with zero attached hydrogens (tertiary/aromatic N) is 1.